The van der Waals surface area contributed by atoms with E-state index in [0.29, 0.717) is 16.5 Å². The highest BCUT2D eigenvalue weighted by Gasteiger charge is 2.26. The Morgan fingerprint density at radius 2 is 2.00 bits per heavy atom. The van der Waals surface area contributed by atoms with Crippen LogP contribution in [-0.4, -0.2) is 14.2 Å². The average Bonchev–Trinajstić information content (AvgIpc) is 3.12. The van der Waals surface area contributed by atoms with Gasteiger partial charge in [0.15, 0.2) is 11.5 Å². The minimum absolute atomic E-state index is 0. The number of halogens is 2. The molecule has 18 heavy (non-hydrogen) atoms. The summed E-state index contributed by atoms with van der Waals surface area (Å²) in [6.07, 6.45) is 3.58. The lowest BCUT2D eigenvalue weighted by molar-refractivity contribution is 0.354. The molecule has 102 valence electrons. The number of methoxy groups -OCH3 is 2. The fourth-order valence-corrected chi connectivity index (χ4v) is 2.40. The van der Waals surface area contributed by atoms with Crippen LogP contribution in [0.5, 0.6) is 11.5 Å². The van der Waals surface area contributed by atoms with Gasteiger partial charge in [0.1, 0.15) is 0 Å². The minimum atomic E-state index is -0.0187. The Hall–Kier alpha value is -0.640. The van der Waals surface area contributed by atoms with Crippen LogP contribution >= 0.6 is 24.0 Å². The molecular formula is C13H19Cl2NO2. The molecule has 1 fully saturated rings. The Bertz CT molecular complexity index is 408. The van der Waals surface area contributed by atoms with Gasteiger partial charge in [0, 0.05) is 6.04 Å². The van der Waals surface area contributed by atoms with E-state index in [9.17, 15) is 0 Å². The van der Waals surface area contributed by atoms with Crippen molar-refractivity contribution in [2.75, 3.05) is 14.2 Å². The maximum atomic E-state index is 6.31. The molecule has 0 saturated heterocycles. The molecule has 0 heterocycles. The van der Waals surface area contributed by atoms with Gasteiger partial charge in [-0.1, -0.05) is 30.5 Å². The molecule has 1 aliphatic carbocycles. The minimum Gasteiger partial charge on any atom is -0.493 e. The van der Waals surface area contributed by atoms with Crippen LogP contribution < -0.4 is 15.2 Å². The van der Waals surface area contributed by atoms with Crippen LogP contribution in [0.25, 0.3) is 0 Å². The molecule has 0 spiro atoms. The van der Waals surface area contributed by atoms with Crippen LogP contribution in [0, 0.1) is 5.92 Å². The molecule has 0 bridgehead atoms. The zero-order valence-corrected chi connectivity index (χ0v) is 12.2. The molecule has 0 unspecified atom stereocenters. The quantitative estimate of drug-likeness (QED) is 0.902. The van der Waals surface area contributed by atoms with E-state index in [1.54, 1.807) is 14.2 Å². The predicted molar refractivity (Wildman–Crippen MR) is 76.1 cm³/mol. The van der Waals surface area contributed by atoms with Crippen LogP contribution in [0.15, 0.2) is 12.1 Å². The summed E-state index contributed by atoms with van der Waals surface area (Å²) in [7, 11) is 3.18. The molecule has 1 atom stereocenters. The van der Waals surface area contributed by atoms with Crippen molar-refractivity contribution in [1.82, 2.24) is 0 Å². The molecule has 3 nitrogen and oxygen atoms in total. The summed E-state index contributed by atoms with van der Waals surface area (Å²) >= 11 is 6.31. The van der Waals surface area contributed by atoms with E-state index in [-0.39, 0.29) is 18.4 Å². The lowest BCUT2D eigenvalue weighted by Gasteiger charge is -2.17. The Morgan fingerprint density at radius 1 is 1.33 bits per heavy atom. The van der Waals surface area contributed by atoms with E-state index in [1.807, 2.05) is 12.1 Å². The Kier molecular flexibility index (Phi) is 5.57. The zero-order valence-electron chi connectivity index (χ0n) is 10.6. The summed E-state index contributed by atoms with van der Waals surface area (Å²) in [5.41, 5.74) is 7.11. The molecular weight excluding hydrogens is 273 g/mol. The van der Waals surface area contributed by atoms with Gasteiger partial charge in [0.05, 0.1) is 19.2 Å². The molecule has 5 heteroatoms. The first-order valence-corrected chi connectivity index (χ1v) is 6.21. The highest BCUT2D eigenvalue weighted by Crippen LogP contribution is 2.42. The van der Waals surface area contributed by atoms with Crippen molar-refractivity contribution in [1.29, 1.82) is 0 Å². The standard InChI is InChI=1S/C13H18ClNO2.ClH/c1-16-11-6-5-9(12(14)13(11)17-2)10(15)7-8-3-4-8;/h5-6,8,10H,3-4,7,15H2,1-2H3;1H/t10-;/m0./s1. The van der Waals surface area contributed by atoms with Crippen molar-refractivity contribution >= 4 is 24.0 Å². The first kappa shape index (κ1) is 15.4. The van der Waals surface area contributed by atoms with Crippen LogP contribution in [0.1, 0.15) is 30.9 Å². The Morgan fingerprint density at radius 3 is 2.50 bits per heavy atom. The van der Waals surface area contributed by atoms with Gasteiger partial charge < -0.3 is 15.2 Å². The van der Waals surface area contributed by atoms with Crippen molar-refractivity contribution in [2.45, 2.75) is 25.3 Å². The van der Waals surface area contributed by atoms with Crippen LogP contribution in [0.2, 0.25) is 5.02 Å². The molecule has 2 rings (SSSR count). The summed E-state index contributed by atoms with van der Waals surface area (Å²) in [6.45, 7) is 0. The Balaban J connectivity index is 0.00000162. The van der Waals surface area contributed by atoms with Crippen molar-refractivity contribution in [3.05, 3.63) is 22.7 Å². The van der Waals surface area contributed by atoms with Crippen molar-refractivity contribution in [3.8, 4) is 11.5 Å². The molecule has 0 aromatic heterocycles. The zero-order chi connectivity index (χ0) is 12.4. The molecule has 2 N–H and O–H groups in total. The predicted octanol–water partition coefficient (Wildman–Crippen LogP) is 3.58. The maximum Gasteiger partial charge on any atom is 0.179 e. The van der Waals surface area contributed by atoms with Crippen LogP contribution in [-0.2, 0) is 0 Å². The smallest absolute Gasteiger partial charge is 0.179 e. The molecule has 1 aromatic carbocycles. The summed E-state index contributed by atoms with van der Waals surface area (Å²) < 4.78 is 10.5. The highest BCUT2D eigenvalue weighted by molar-refractivity contribution is 6.33. The third kappa shape index (κ3) is 3.22. The topological polar surface area (TPSA) is 44.5 Å². The van der Waals surface area contributed by atoms with E-state index in [0.717, 1.165) is 17.9 Å². The van der Waals surface area contributed by atoms with Gasteiger partial charge in [0.25, 0.3) is 0 Å². The van der Waals surface area contributed by atoms with Gasteiger partial charge in [-0.25, -0.2) is 0 Å². The third-order valence-corrected chi connectivity index (χ3v) is 3.59. The van der Waals surface area contributed by atoms with Crippen molar-refractivity contribution in [3.63, 3.8) is 0 Å². The van der Waals surface area contributed by atoms with Gasteiger partial charge in [0.2, 0.25) is 0 Å². The maximum absolute atomic E-state index is 6.31. The first-order valence-electron chi connectivity index (χ1n) is 5.83. The summed E-state index contributed by atoms with van der Waals surface area (Å²) in [5, 5.41) is 0.569. The fourth-order valence-electron chi connectivity index (χ4n) is 2.03. The van der Waals surface area contributed by atoms with E-state index >= 15 is 0 Å². The number of benzene rings is 1. The number of nitrogens with two attached hydrogens (primary N) is 1. The largest absolute Gasteiger partial charge is 0.493 e. The van der Waals surface area contributed by atoms with Crippen LogP contribution in [0.4, 0.5) is 0 Å². The molecule has 1 aromatic rings. The molecule has 0 amide bonds. The number of hydrogen-bond donors (Lipinski definition) is 1. The van der Waals surface area contributed by atoms with Gasteiger partial charge in [-0.2, -0.15) is 0 Å². The Labute approximate surface area is 119 Å². The number of ether oxygens (including phenoxy) is 2. The molecule has 0 radical (unpaired) electrons. The second kappa shape index (κ2) is 6.50. The van der Waals surface area contributed by atoms with E-state index in [2.05, 4.69) is 0 Å². The van der Waals surface area contributed by atoms with Gasteiger partial charge >= 0.3 is 0 Å². The lowest BCUT2D eigenvalue weighted by atomic mass is 10.0. The van der Waals surface area contributed by atoms with Gasteiger partial charge in [-0.3, -0.25) is 0 Å². The van der Waals surface area contributed by atoms with Gasteiger partial charge in [-0.15, -0.1) is 12.4 Å². The van der Waals surface area contributed by atoms with E-state index in [1.165, 1.54) is 12.8 Å². The highest BCUT2D eigenvalue weighted by atomic mass is 35.5. The SMILES string of the molecule is COc1ccc([C@@H](N)CC2CC2)c(Cl)c1OC.Cl. The fraction of sp³-hybridized carbons (Fsp3) is 0.538. The second-order valence-electron chi connectivity index (χ2n) is 4.49. The summed E-state index contributed by atoms with van der Waals surface area (Å²) in [6, 6.07) is 3.76. The van der Waals surface area contributed by atoms with Gasteiger partial charge in [-0.05, 0) is 24.0 Å². The monoisotopic (exact) mass is 291 g/mol. The molecule has 1 saturated carbocycles. The first-order chi connectivity index (χ1) is 8.17. The van der Waals surface area contributed by atoms with Crippen molar-refractivity contribution < 1.29 is 9.47 Å². The van der Waals surface area contributed by atoms with E-state index < -0.39 is 0 Å². The molecule has 1 aliphatic rings. The normalized spacial score (nSPS) is 15.8. The van der Waals surface area contributed by atoms with Crippen LogP contribution in [0.3, 0.4) is 0 Å². The van der Waals surface area contributed by atoms with Crippen molar-refractivity contribution in [2.24, 2.45) is 11.7 Å². The summed E-state index contributed by atoms with van der Waals surface area (Å²) in [4.78, 5) is 0. The second-order valence-corrected chi connectivity index (χ2v) is 4.87. The molecule has 0 aliphatic heterocycles. The summed E-state index contributed by atoms with van der Waals surface area (Å²) in [5.74, 6) is 1.98. The number of rotatable bonds is 5. The average molecular weight is 292 g/mol. The lowest BCUT2D eigenvalue weighted by Crippen LogP contribution is -2.12. The number of hydrogen-bond acceptors (Lipinski definition) is 3. The third-order valence-electron chi connectivity index (χ3n) is 3.20. The van der Waals surface area contributed by atoms with E-state index in [4.69, 9.17) is 26.8 Å².